The Kier molecular flexibility index (Phi) is 9.06. The van der Waals surface area contributed by atoms with E-state index < -0.39 is 6.04 Å². The van der Waals surface area contributed by atoms with Crippen LogP contribution in [0.5, 0.6) is 11.5 Å². The molecule has 8 nitrogen and oxygen atoms in total. The van der Waals surface area contributed by atoms with Crippen molar-refractivity contribution in [1.29, 1.82) is 0 Å². The van der Waals surface area contributed by atoms with E-state index in [1.165, 1.54) is 0 Å². The summed E-state index contributed by atoms with van der Waals surface area (Å²) >= 11 is 6.24. The maximum Gasteiger partial charge on any atom is 0.237 e. The summed E-state index contributed by atoms with van der Waals surface area (Å²) in [6, 6.07) is 18.9. The van der Waals surface area contributed by atoms with Crippen molar-refractivity contribution in [3.63, 3.8) is 0 Å². The Morgan fingerprint density at radius 1 is 0.952 bits per heavy atom. The van der Waals surface area contributed by atoms with E-state index in [1.807, 2.05) is 96.1 Å². The van der Waals surface area contributed by atoms with Gasteiger partial charge >= 0.3 is 0 Å². The minimum absolute atomic E-state index is 0.0296. The maximum absolute atomic E-state index is 13.8. The van der Waals surface area contributed by atoms with Gasteiger partial charge in [-0.25, -0.2) is 0 Å². The molecule has 0 aromatic heterocycles. The van der Waals surface area contributed by atoms with Gasteiger partial charge in [0.15, 0.2) is 11.5 Å². The van der Waals surface area contributed by atoms with Gasteiger partial charge in [0.25, 0.3) is 0 Å². The molecule has 2 amide bonds. The fourth-order valence-electron chi connectivity index (χ4n) is 5.90. The molecule has 2 atom stereocenters. The van der Waals surface area contributed by atoms with E-state index in [0.717, 1.165) is 34.5 Å². The summed E-state index contributed by atoms with van der Waals surface area (Å²) < 4.78 is 11.7. The highest BCUT2D eigenvalue weighted by molar-refractivity contribution is 6.30. The Bertz CT molecular complexity index is 1430. The molecule has 0 radical (unpaired) electrons. The SMILES string of the molecule is COc1cc2c(cc1OC(C)C)C(c1ccc(Cl)cc1)N(c1ccc([C@@H](C)N3CCN(CCO)CC3=O)cc1)C(=O)C2. The third kappa shape index (κ3) is 6.11. The van der Waals surface area contributed by atoms with Crippen LogP contribution in [0.3, 0.4) is 0 Å². The summed E-state index contributed by atoms with van der Waals surface area (Å²) in [5.41, 5.74) is 4.55. The van der Waals surface area contributed by atoms with Crippen molar-refractivity contribution < 1.29 is 24.2 Å². The van der Waals surface area contributed by atoms with Crippen molar-refractivity contribution in [2.75, 3.05) is 44.8 Å². The topological polar surface area (TPSA) is 82.6 Å². The molecule has 5 rings (SSSR count). The average molecular weight is 592 g/mol. The van der Waals surface area contributed by atoms with Crippen molar-refractivity contribution in [3.8, 4) is 11.5 Å². The van der Waals surface area contributed by atoms with Crippen LogP contribution >= 0.6 is 11.6 Å². The van der Waals surface area contributed by atoms with Gasteiger partial charge in [-0.15, -0.1) is 0 Å². The average Bonchev–Trinajstić information content (AvgIpc) is 2.97. The summed E-state index contributed by atoms with van der Waals surface area (Å²) in [6.45, 7) is 8.15. The van der Waals surface area contributed by atoms with E-state index in [0.29, 0.717) is 36.2 Å². The normalized spacial score (nSPS) is 18.3. The quantitative estimate of drug-likeness (QED) is 0.377. The number of piperazine rings is 1. The van der Waals surface area contributed by atoms with Crippen LogP contribution in [0.15, 0.2) is 60.7 Å². The smallest absolute Gasteiger partial charge is 0.237 e. The number of β-amino-alcohol motifs (C(OH)–C–C–N with tert-alkyl or cyclic N) is 1. The van der Waals surface area contributed by atoms with Crippen LogP contribution in [0.1, 0.15) is 55.1 Å². The second-order valence-corrected chi connectivity index (χ2v) is 11.6. The van der Waals surface area contributed by atoms with Crippen LogP contribution in [0.4, 0.5) is 5.69 Å². The molecule has 1 fully saturated rings. The number of methoxy groups -OCH3 is 1. The standard InChI is InChI=1S/C33H38ClN3O5/c1-21(2)42-30-19-28-25(17-29(30)41-4)18-31(39)37(33(28)24-5-9-26(34)10-6-24)27-11-7-23(8-12-27)22(3)36-14-13-35(15-16-38)20-32(36)40/h5-12,17,19,21-22,33,38H,13-16,18,20H2,1-4H3/t22-,33?/m1/s1. The van der Waals surface area contributed by atoms with Crippen molar-refractivity contribution >= 4 is 29.1 Å². The molecular formula is C33H38ClN3O5. The molecule has 1 N–H and O–H groups in total. The first-order chi connectivity index (χ1) is 20.2. The van der Waals surface area contributed by atoms with E-state index in [4.69, 9.17) is 21.1 Å². The predicted octanol–water partition coefficient (Wildman–Crippen LogP) is 5.01. The molecule has 3 aromatic rings. The highest BCUT2D eigenvalue weighted by Crippen LogP contribution is 2.44. The van der Waals surface area contributed by atoms with Gasteiger partial charge in [0.2, 0.25) is 11.8 Å². The van der Waals surface area contributed by atoms with Crippen LogP contribution in [-0.2, 0) is 16.0 Å². The molecule has 0 spiro atoms. The number of benzene rings is 3. The highest BCUT2D eigenvalue weighted by atomic mass is 35.5. The number of rotatable bonds is 9. The first-order valence-electron chi connectivity index (χ1n) is 14.4. The summed E-state index contributed by atoms with van der Waals surface area (Å²) in [4.78, 5) is 32.4. The van der Waals surface area contributed by atoms with Gasteiger partial charge in [-0.2, -0.15) is 0 Å². The van der Waals surface area contributed by atoms with E-state index in [-0.39, 0.29) is 37.0 Å². The highest BCUT2D eigenvalue weighted by Gasteiger charge is 2.36. The summed E-state index contributed by atoms with van der Waals surface area (Å²) in [6.07, 6.45) is 0.175. The van der Waals surface area contributed by atoms with Gasteiger partial charge in [0.1, 0.15) is 0 Å². The number of hydrogen-bond donors (Lipinski definition) is 1. The number of ether oxygens (including phenoxy) is 2. The molecule has 2 aliphatic heterocycles. The number of halogens is 1. The first kappa shape index (κ1) is 29.9. The van der Waals surface area contributed by atoms with Gasteiger partial charge in [0, 0.05) is 30.3 Å². The number of amides is 2. The molecule has 0 aliphatic carbocycles. The molecule has 3 aromatic carbocycles. The number of carbonyl (C=O) groups excluding carboxylic acids is 2. The molecule has 42 heavy (non-hydrogen) atoms. The number of aliphatic hydroxyl groups is 1. The lowest BCUT2D eigenvalue weighted by molar-refractivity contribution is -0.138. The zero-order valence-electron chi connectivity index (χ0n) is 24.5. The molecule has 222 valence electrons. The largest absolute Gasteiger partial charge is 0.493 e. The predicted molar refractivity (Wildman–Crippen MR) is 163 cm³/mol. The van der Waals surface area contributed by atoms with Crippen LogP contribution < -0.4 is 14.4 Å². The Hall–Kier alpha value is -3.59. The molecule has 1 unspecified atom stereocenters. The lowest BCUT2D eigenvalue weighted by Crippen LogP contribution is -2.51. The minimum Gasteiger partial charge on any atom is -0.493 e. The monoisotopic (exact) mass is 591 g/mol. The minimum atomic E-state index is -0.400. The van der Waals surface area contributed by atoms with Crippen molar-refractivity contribution in [2.24, 2.45) is 0 Å². The van der Waals surface area contributed by atoms with Gasteiger partial charge < -0.3 is 24.4 Å². The number of carbonyl (C=O) groups is 2. The van der Waals surface area contributed by atoms with Gasteiger partial charge in [-0.3, -0.25) is 14.5 Å². The molecular weight excluding hydrogens is 554 g/mol. The number of aliphatic hydroxyl groups excluding tert-OH is 1. The third-order valence-electron chi connectivity index (χ3n) is 8.01. The number of nitrogens with zero attached hydrogens (tertiary/aromatic N) is 3. The van der Waals surface area contributed by atoms with Crippen LogP contribution in [-0.4, -0.2) is 72.7 Å². The van der Waals surface area contributed by atoms with Crippen molar-refractivity contribution in [3.05, 3.63) is 87.9 Å². The molecule has 0 saturated carbocycles. The Balaban J connectivity index is 1.49. The fraction of sp³-hybridized carbons (Fsp3) is 0.394. The van der Waals surface area contributed by atoms with Gasteiger partial charge in [-0.1, -0.05) is 35.9 Å². The van der Waals surface area contributed by atoms with Crippen molar-refractivity contribution in [2.45, 2.75) is 45.4 Å². The van der Waals surface area contributed by atoms with Crippen LogP contribution in [0, 0.1) is 0 Å². The summed E-state index contributed by atoms with van der Waals surface area (Å²) in [5, 5.41) is 9.85. The van der Waals surface area contributed by atoms with Gasteiger partial charge in [0.05, 0.1) is 44.9 Å². The number of hydrogen-bond acceptors (Lipinski definition) is 6. The first-order valence-corrected chi connectivity index (χ1v) is 14.8. The van der Waals surface area contributed by atoms with Crippen LogP contribution in [0.25, 0.3) is 0 Å². The maximum atomic E-state index is 13.8. The number of fused-ring (bicyclic) bond motifs is 1. The second-order valence-electron chi connectivity index (χ2n) is 11.1. The molecule has 2 heterocycles. The Morgan fingerprint density at radius 2 is 1.67 bits per heavy atom. The number of anilines is 1. The lowest BCUT2D eigenvalue weighted by Gasteiger charge is -2.39. The van der Waals surface area contributed by atoms with Gasteiger partial charge in [-0.05, 0) is 79.4 Å². The third-order valence-corrected chi connectivity index (χ3v) is 8.26. The second kappa shape index (κ2) is 12.7. The lowest BCUT2D eigenvalue weighted by atomic mass is 9.86. The summed E-state index contributed by atoms with van der Waals surface area (Å²) in [7, 11) is 1.60. The molecule has 0 bridgehead atoms. The Labute approximate surface area is 252 Å². The molecule has 1 saturated heterocycles. The van der Waals surface area contributed by atoms with E-state index in [2.05, 4.69) is 0 Å². The zero-order valence-corrected chi connectivity index (χ0v) is 25.3. The van der Waals surface area contributed by atoms with Crippen LogP contribution in [0.2, 0.25) is 5.02 Å². The summed E-state index contributed by atoms with van der Waals surface area (Å²) in [5.74, 6) is 1.25. The van der Waals surface area contributed by atoms with Crippen molar-refractivity contribution in [1.82, 2.24) is 9.80 Å². The molecule has 2 aliphatic rings. The zero-order chi connectivity index (χ0) is 30.0. The molecule has 9 heteroatoms. The van der Waals surface area contributed by atoms with E-state index in [1.54, 1.807) is 7.11 Å². The fourth-order valence-corrected chi connectivity index (χ4v) is 6.03. The Morgan fingerprint density at radius 3 is 2.29 bits per heavy atom. The van der Waals surface area contributed by atoms with E-state index >= 15 is 0 Å². The van der Waals surface area contributed by atoms with E-state index in [9.17, 15) is 14.7 Å².